The van der Waals surface area contributed by atoms with Gasteiger partial charge in [-0.25, -0.2) is 0 Å². The summed E-state index contributed by atoms with van der Waals surface area (Å²) in [5.74, 6) is 1.44. The molecule has 0 aromatic heterocycles. The Kier molecular flexibility index (Phi) is 9.25. The fourth-order valence-electron chi connectivity index (χ4n) is 4.52. The third kappa shape index (κ3) is 7.41. The number of aliphatic hydroxyl groups is 2. The minimum atomic E-state index is -0.492. The minimum absolute atomic E-state index is 0.288. The summed E-state index contributed by atoms with van der Waals surface area (Å²) in [6.07, 6.45) is 6.43. The van der Waals surface area contributed by atoms with Crippen LogP contribution in [0.25, 0.3) is 0 Å². The summed E-state index contributed by atoms with van der Waals surface area (Å²) in [6.45, 7) is 8.49. The molecule has 2 fully saturated rings. The summed E-state index contributed by atoms with van der Waals surface area (Å²) < 4.78 is 11.5. The van der Waals surface area contributed by atoms with Crippen molar-refractivity contribution in [2.24, 2.45) is 0 Å². The van der Waals surface area contributed by atoms with E-state index in [0.29, 0.717) is 25.2 Å². The fraction of sp³-hybridized carbons (Fsp3) is 0.750. The van der Waals surface area contributed by atoms with Gasteiger partial charge in [0.05, 0.1) is 0 Å². The fourth-order valence-corrected chi connectivity index (χ4v) is 4.52. The predicted octanol–water partition coefficient (Wildman–Crippen LogP) is 2.91. The molecular formula is C24H40N2O4. The van der Waals surface area contributed by atoms with Crippen molar-refractivity contribution in [3.63, 3.8) is 0 Å². The highest BCUT2D eigenvalue weighted by Crippen LogP contribution is 2.20. The first-order valence-electron chi connectivity index (χ1n) is 11.7. The molecule has 0 saturated carbocycles. The molecule has 0 aliphatic carbocycles. The number of benzene rings is 1. The van der Waals surface area contributed by atoms with Crippen molar-refractivity contribution in [1.29, 1.82) is 0 Å². The second kappa shape index (κ2) is 11.9. The standard InChI is InChI=1S/C24H40N2O4/c1-19-7-3-5-13-25(19)15-21(27)17-29-23-9-11-24(12-10-23)30-18-22(28)16-26-14-6-4-8-20(26)2/h9-12,19-22,27-28H,3-8,13-18H2,1-2H3/t19-,20-,21-,22+/m0/s1. The lowest BCUT2D eigenvalue weighted by atomic mass is 10.0. The first kappa shape index (κ1) is 23.3. The molecule has 0 amide bonds. The van der Waals surface area contributed by atoms with Crippen molar-refractivity contribution in [1.82, 2.24) is 9.80 Å². The van der Waals surface area contributed by atoms with Crippen molar-refractivity contribution >= 4 is 0 Å². The summed E-state index contributed by atoms with van der Waals surface area (Å²) in [6, 6.07) is 8.49. The van der Waals surface area contributed by atoms with E-state index >= 15 is 0 Å². The van der Waals surface area contributed by atoms with E-state index in [4.69, 9.17) is 9.47 Å². The molecule has 2 heterocycles. The summed E-state index contributed by atoms with van der Waals surface area (Å²) in [4.78, 5) is 4.70. The van der Waals surface area contributed by atoms with Gasteiger partial charge in [-0.2, -0.15) is 0 Å². The normalized spacial score (nSPS) is 25.6. The van der Waals surface area contributed by atoms with Gasteiger partial charge in [-0.05, 0) is 76.9 Å². The molecule has 6 nitrogen and oxygen atoms in total. The second-order valence-corrected chi connectivity index (χ2v) is 9.08. The molecule has 2 aliphatic rings. The lowest BCUT2D eigenvalue weighted by molar-refractivity contribution is 0.0428. The van der Waals surface area contributed by atoms with Gasteiger partial charge in [0.2, 0.25) is 0 Å². The quantitative estimate of drug-likeness (QED) is 0.607. The average molecular weight is 421 g/mol. The summed E-state index contributed by atoms with van der Waals surface area (Å²) in [5, 5.41) is 20.6. The Labute approximate surface area is 181 Å². The number of ether oxygens (including phenoxy) is 2. The molecule has 0 bridgehead atoms. The van der Waals surface area contributed by atoms with E-state index in [1.54, 1.807) is 0 Å². The van der Waals surface area contributed by atoms with Crippen LogP contribution in [0.15, 0.2) is 24.3 Å². The van der Waals surface area contributed by atoms with Crippen molar-refractivity contribution < 1.29 is 19.7 Å². The maximum Gasteiger partial charge on any atom is 0.119 e. The molecule has 4 atom stereocenters. The molecule has 2 aliphatic heterocycles. The zero-order chi connectivity index (χ0) is 21.3. The molecule has 2 N–H and O–H groups in total. The van der Waals surface area contributed by atoms with Gasteiger partial charge in [0.15, 0.2) is 0 Å². The number of likely N-dealkylation sites (tertiary alicyclic amines) is 2. The van der Waals surface area contributed by atoms with Crippen LogP contribution in [-0.4, -0.2) is 83.7 Å². The highest BCUT2D eigenvalue weighted by molar-refractivity contribution is 5.31. The van der Waals surface area contributed by atoms with E-state index in [9.17, 15) is 10.2 Å². The number of rotatable bonds is 10. The van der Waals surface area contributed by atoms with Crippen molar-refractivity contribution in [2.75, 3.05) is 39.4 Å². The first-order valence-corrected chi connectivity index (χ1v) is 11.7. The predicted molar refractivity (Wildman–Crippen MR) is 119 cm³/mol. The zero-order valence-electron chi connectivity index (χ0n) is 18.7. The largest absolute Gasteiger partial charge is 0.491 e. The van der Waals surface area contributed by atoms with E-state index in [1.807, 2.05) is 24.3 Å². The van der Waals surface area contributed by atoms with Crippen LogP contribution in [0.5, 0.6) is 11.5 Å². The average Bonchev–Trinajstić information content (AvgIpc) is 2.75. The van der Waals surface area contributed by atoms with Gasteiger partial charge < -0.3 is 19.7 Å². The van der Waals surface area contributed by atoms with Gasteiger partial charge in [0.25, 0.3) is 0 Å². The number of nitrogens with zero attached hydrogens (tertiary/aromatic N) is 2. The van der Waals surface area contributed by atoms with Gasteiger partial charge >= 0.3 is 0 Å². The minimum Gasteiger partial charge on any atom is -0.491 e. The molecular weight excluding hydrogens is 380 g/mol. The van der Waals surface area contributed by atoms with Gasteiger partial charge in [0.1, 0.15) is 36.9 Å². The van der Waals surface area contributed by atoms with Gasteiger partial charge in [-0.1, -0.05) is 12.8 Å². The SMILES string of the molecule is C[C@H]1CCCCN1C[C@H](O)COc1ccc(OC[C@H](O)CN2CCCC[C@@H]2C)cc1. The molecule has 1 aromatic rings. The molecule has 30 heavy (non-hydrogen) atoms. The smallest absolute Gasteiger partial charge is 0.119 e. The lowest BCUT2D eigenvalue weighted by Crippen LogP contribution is -2.43. The molecule has 2 saturated heterocycles. The summed E-state index contributed by atoms with van der Waals surface area (Å²) in [7, 11) is 0. The van der Waals surface area contributed by atoms with E-state index in [-0.39, 0.29) is 13.2 Å². The molecule has 0 radical (unpaired) electrons. The van der Waals surface area contributed by atoms with Gasteiger partial charge in [-0.15, -0.1) is 0 Å². The maximum atomic E-state index is 10.3. The van der Waals surface area contributed by atoms with Crippen LogP contribution < -0.4 is 9.47 Å². The number of β-amino-alcohol motifs (C(OH)–C–C–N with tert-alkyl or cyclic N) is 2. The first-order chi connectivity index (χ1) is 14.5. The van der Waals surface area contributed by atoms with Crippen LogP contribution in [0.2, 0.25) is 0 Å². The Bertz CT molecular complexity index is 559. The zero-order valence-corrected chi connectivity index (χ0v) is 18.7. The van der Waals surface area contributed by atoms with Crippen LogP contribution in [0, 0.1) is 0 Å². The highest BCUT2D eigenvalue weighted by atomic mass is 16.5. The van der Waals surface area contributed by atoms with E-state index in [1.165, 1.54) is 38.5 Å². The topological polar surface area (TPSA) is 65.4 Å². The molecule has 0 spiro atoms. The molecule has 3 rings (SSSR count). The Morgan fingerprint density at radius 2 is 1.17 bits per heavy atom. The number of hydrogen-bond acceptors (Lipinski definition) is 6. The van der Waals surface area contributed by atoms with Crippen LogP contribution in [0.1, 0.15) is 52.4 Å². The Morgan fingerprint density at radius 1 is 0.767 bits per heavy atom. The van der Waals surface area contributed by atoms with Crippen molar-refractivity contribution in [2.45, 2.75) is 76.7 Å². The number of aliphatic hydroxyl groups excluding tert-OH is 2. The molecule has 6 heteroatoms. The Morgan fingerprint density at radius 3 is 1.53 bits per heavy atom. The van der Waals surface area contributed by atoms with E-state index in [0.717, 1.165) is 24.6 Å². The van der Waals surface area contributed by atoms with Crippen LogP contribution >= 0.6 is 0 Å². The van der Waals surface area contributed by atoms with E-state index in [2.05, 4.69) is 23.6 Å². The number of hydrogen-bond donors (Lipinski definition) is 2. The third-order valence-electron chi connectivity index (χ3n) is 6.48. The maximum absolute atomic E-state index is 10.3. The van der Waals surface area contributed by atoms with Crippen LogP contribution in [-0.2, 0) is 0 Å². The molecule has 1 aromatic carbocycles. The van der Waals surface area contributed by atoms with Crippen LogP contribution in [0.4, 0.5) is 0 Å². The van der Waals surface area contributed by atoms with Gasteiger partial charge in [0, 0.05) is 25.2 Å². The lowest BCUT2D eigenvalue weighted by Gasteiger charge is -2.34. The van der Waals surface area contributed by atoms with E-state index < -0.39 is 12.2 Å². The Hall–Kier alpha value is -1.34. The van der Waals surface area contributed by atoms with Gasteiger partial charge in [-0.3, -0.25) is 9.80 Å². The summed E-state index contributed by atoms with van der Waals surface area (Å²) in [5.41, 5.74) is 0. The monoisotopic (exact) mass is 420 g/mol. The van der Waals surface area contributed by atoms with Crippen LogP contribution in [0.3, 0.4) is 0 Å². The molecule has 0 unspecified atom stereocenters. The second-order valence-electron chi connectivity index (χ2n) is 9.08. The highest BCUT2D eigenvalue weighted by Gasteiger charge is 2.22. The number of piperidine rings is 2. The van der Waals surface area contributed by atoms with Crippen molar-refractivity contribution in [3.8, 4) is 11.5 Å². The van der Waals surface area contributed by atoms with Crippen molar-refractivity contribution in [3.05, 3.63) is 24.3 Å². The third-order valence-corrected chi connectivity index (χ3v) is 6.48. The Balaban J connectivity index is 1.35. The molecule has 170 valence electrons. The summed E-state index contributed by atoms with van der Waals surface area (Å²) >= 11 is 0.